The monoisotopic (exact) mass is 295 g/mol. The largest absolute Gasteiger partial charge is 0.465 e. The second-order valence-corrected chi connectivity index (χ2v) is 5.42. The molecule has 0 spiro atoms. The van der Waals surface area contributed by atoms with Gasteiger partial charge in [0, 0.05) is 18.8 Å². The topological polar surface area (TPSA) is 32.0 Å². The van der Waals surface area contributed by atoms with Gasteiger partial charge in [-0.05, 0) is 42.8 Å². The van der Waals surface area contributed by atoms with Gasteiger partial charge in [-0.3, -0.25) is 5.01 Å². The maximum atomic E-state index is 5.30. The molecule has 1 fully saturated rings. The van der Waals surface area contributed by atoms with Crippen LogP contribution in [0.4, 0.5) is 5.69 Å². The summed E-state index contributed by atoms with van der Waals surface area (Å²) in [6.07, 6.45) is 5.57. The number of hydrogen-bond acceptors (Lipinski definition) is 4. The number of para-hydroxylation sites is 1. The summed E-state index contributed by atoms with van der Waals surface area (Å²) >= 11 is 0. The normalized spacial score (nSPS) is 16.5. The van der Waals surface area contributed by atoms with Crippen LogP contribution in [0.25, 0.3) is 6.08 Å². The molecule has 0 atom stereocenters. The second-order valence-electron chi connectivity index (χ2n) is 5.42. The Morgan fingerprint density at radius 2 is 1.82 bits per heavy atom. The van der Waals surface area contributed by atoms with E-state index in [9.17, 15) is 0 Å². The van der Waals surface area contributed by atoms with Crippen molar-refractivity contribution in [3.63, 3.8) is 0 Å². The number of piperazine rings is 1. The van der Waals surface area contributed by atoms with Gasteiger partial charge in [0.05, 0.1) is 25.6 Å². The Morgan fingerprint density at radius 3 is 2.50 bits per heavy atom. The zero-order chi connectivity index (χ0) is 15.2. The highest BCUT2D eigenvalue weighted by Gasteiger charge is 2.15. The van der Waals surface area contributed by atoms with Gasteiger partial charge in [0.25, 0.3) is 0 Å². The minimum atomic E-state index is 0.859. The van der Waals surface area contributed by atoms with E-state index in [0.717, 1.165) is 37.5 Å². The standard InChI is InChI=1S/C18H21N3O/c1-16(14-18-8-5-13-22-18)15-19-21-11-9-20(10-12-21)17-6-3-2-4-7-17/h2-8,13-15H,9-12H2,1H3/b16-14+,19-15+. The van der Waals surface area contributed by atoms with E-state index in [1.807, 2.05) is 31.3 Å². The molecule has 0 saturated carbocycles. The lowest BCUT2D eigenvalue weighted by Gasteiger charge is -2.34. The molecule has 1 aromatic heterocycles. The predicted octanol–water partition coefficient (Wildman–Crippen LogP) is 3.49. The van der Waals surface area contributed by atoms with E-state index < -0.39 is 0 Å². The number of benzene rings is 1. The lowest BCUT2D eigenvalue weighted by Crippen LogP contribution is -2.44. The van der Waals surface area contributed by atoms with E-state index in [2.05, 4.69) is 45.3 Å². The molecule has 4 nitrogen and oxygen atoms in total. The minimum Gasteiger partial charge on any atom is -0.465 e. The van der Waals surface area contributed by atoms with Crippen molar-refractivity contribution in [2.75, 3.05) is 31.1 Å². The van der Waals surface area contributed by atoms with Gasteiger partial charge in [-0.1, -0.05) is 18.2 Å². The van der Waals surface area contributed by atoms with Gasteiger partial charge in [0.1, 0.15) is 5.76 Å². The summed E-state index contributed by atoms with van der Waals surface area (Å²) in [5.41, 5.74) is 2.38. The lowest BCUT2D eigenvalue weighted by molar-refractivity contribution is 0.272. The molecular formula is C18H21N3O. The van der Waals surface area contributed by atoms with E-state index in [1.165, 1.54) is 5.69 Å². The first-order chi connectivity index (χ1) is 10.8. The molecule has 2 aromatic rings. The van der Waals surface area contributed by atoms with Gasteiger partial charge in [-0.25, -0.2) is 0 Å². The van der Waals surface area contributed by atoms with E-state index in [0.29, 0.717) is 0 Å². The number of hydrazone groups is 1. The highest BCUT2D eigenvalue weighted by Crippen LogP contribution is 2.15. The first-order valence-electron chi connectivity index (χ1n) is 7.62. The Kier molecular flexibility index (Phi) is 4.59. The maximum Gasteiger partial charge on any atom is 0.126 e. The maximum absolute atomic E-state index is 5.30. The summed E-state index contributed by atoms with van der Waals surface area (Å²) < 4.78 is 5.30. The molecule has 0 unspecified atom stereocenters. The van der Waals surface area contributed by atoms with Crippen molar-refractivity contribution in [2.24, 2.45) is 5.10 Å². The van der Waals surface area contributed by atoms with Crippen molar-refractivity contribution in [3.8, 4) is 0 Å². The van der Waals surface area contributed by atoms with Crippen molar-refractivity contribution < 1.29 is 4.42 Å². The van der Waals surface area contributed by atoms with E-state index in [-0.39, 0.29) is 0 Å². The van der Waals surface area contributed by atoms with Gasteiger partial charge in [0.2, 0.25) is 0 Å². The molecular weight excluding hydrogens is 274 g/mol. The summed E-state index contributed by atoms with van der Waals surface area (Å²) in [6.45, 7) is 5.93. The summed E-state index contributed by atoms with van der Waals surface area (Å²) in [5.74, 6) is 0.859. The Bertz CT molecular complexity index is 624. The van der Waals surface area contributed by atoms with Crippen molar-refractivity contribution in [3.05, 3.63) is 60.1 Å². The molecule has 0 N–H and O–H groups in total. The Morgan fingerprint density at radius 1 is 1.05 bits per heavy atom. The van der Waals surface area contributed by atoms with Crippen molar-refractivity contribution in [1.29, 1.82) is 0 Å². The quantitative estimate of drug-likeness (QED) is 0.809. The fourth-order valence-electron chi connectivity index (χ4n) is 2.52. The molecule has 1 aliphatic rings. The fraction of sp³-hybridized carbons (Fsp3) is 0.278. The molecule has 1 aromatic carbocycles. The van der Waals surface area contributed by atoms with Crippen molar-refractivity contribution in [1.82, 2.24) is 5.01 Å². The molecule has 0 radical (unpaired) electrons. The predicted molar refractivity (Wildman–Crippen MR) is 91.1 cm³/mol. The zero-order valence-corrected chi connectivity index (χ0v) is 12.9. The SMILES string of the molecule is CC(/C=N/N1CCN(c2ccccc2)CC1)=C\c1ccco1. The lowest BCUT2D eigenvalue weighted by atomic mass is 10.2. The summed E-state index contributed by atoms with van der Waals surface area (Å²) in [4.78, 5) is 2.40. The molecule has 22 heavy (non-hydrogen) atoms. The van der Waals surface area contributed by atoms with E-state index in [4.69, 9.17) is 4.42 Å². The van der Waals surface area contributed by atoms with Crippen LogP contribution in [0.15, 0.2) is 63.8 Å². The van der Waals surface area contributed by atoms with Gasteiger partial charge >= 0.3 is 0 Å². The number of hydrogen-bond donors (Lipinski definition) is 0. The van der Waals surface area contributed by atoms with Crippen molar-refractivity contribution >= 4 is 18.0 Å². The minimum absolute atomic E-state index is 0.859. The van der Waals surface area contributed by atoms with Crippen LogP contribution in [0.3, 0.4) is 0 Å². The second kappa shape index (κ2) is 6.98. The van der Waals surface area contributed by atoms with Crippen LogP contribution in [0.1, 0.15) is 12.7 Å². The molecule has 1 aliphatic heterocycles. The highest BCUT2D eigenvalue weighted by molar-refractivity contribution is 5.83. The van der Waals surface area contributed by atoms with Crippen LogP contribution in [0.5, 0.6) is 0 Å². The van der Waals surface area contributed by atoms with Crippen LogP contribution in [-0.4, -0.2) is 37.4 Å². The Hall–Kier alpha value is -2.49. The number of anilines is 1. The average molecular weight is 295 g/mol. The molecule has 1 saturated heterocycles. The van der Waals surface area contributed by atoms with Crippen LogP contribution in [0, 0.1) is 0 Å². The molecule has 2 heterocycles. The fourth-order valence-corrected chi connectivity index (χ4v) is 2.52. The number of furan rings is 1. The smallest absolute Gasteiger partial charge is 0.126 e. The van der Waals surface area contributed by atoms with Crippen LogP contribution in [0.2, 0.25) is 0 Å². The van der Waals surface area contributed by atoms with Crippen molar-refractivity contribution in [2.45, 2.75) is 6.92 Å². The van der Waals surface area contributed by atoms with Gasteiger partial charge in [-0.2, -0.15) is 5.10 Å². The van der Waals surface area contributed by atoms with Crippen LogP contribution >= 0.6 is 0 Å². The first-order valence-corrected chi connectivity index (χ1v) is 7.62. The third kappa shape index (κ3) is 3.79. The Labute approximate surface area is 131 Å². The number of allylic oxidation sites excluding steroid dienone is 1. The highest BCUT2D eigenvalue weighted by atomic mass is 16.3. The molecule has 0 bridgehead atoms. The molecule has 0 aliphatic carbocycles. The molecule has 3 rings (SSSR count). The van der Waals surface area contributed by atoms with E-state index in [1.54, 1.807) is 6.26 Å². The average Bonchev–Trinajstić information content (AvgIpc) is 3.07. The third-order valence-corrected chi connectivity index (χ3v) is 3.72. The number of rotatable bonds is 4. The van der Waals surface area contributed by atoms with Gasteiger partial charge < -0.3 is 9.32 Å². The van der Waals surface area contributed by atoms with Gasteiger partial charge in [-0.15, -0.1) is 0 Å². The molecule has 0 amide bonds. The summed E-state index contributed by atoms with van der Waals surface area (Å²) in [5, 5.41) is 6.69. The number of nitrogens with zero attached hydrogens (tertiary/aromatic N) is 3. The zero-order valence-electron chi connectivity index (χ0n) is 12.9. The first kappa shape index (κ1) is 14.4. The summed E-state index contributed by atoms with van der Waals surface area (Å²) in [7, 11) is 0. The third-order valence-electron chi connectivity index (χ3n) is 3.72. The Balaban J connectivity index is 1.52. The summed E-state index contributed by atoms with van der Waals surface area (Å²) in [6, 6.07) is 14.4. The van der Waals surface area contributed by atoms with E-state index >= 15 is 0 Å². The van der Waals surface area contributed by atoms with Gasteiger partial charge in [0.15, 0.2) is 0 Å². The molecule has 4 heteroatoms. The van der Waals surface area contributed by atoms with Crippen LogP contribution < -0.4 is 4.90 Å². The van der Waals surface area contributed by atoms with Crippen LogP contribution in [-0.2, 0) is 0 Å². The molecule has 114 valence electrons.